The standard InChI is InChI=1S/C48H93NO8/c1-3-5-7-9-11-13-15-17-19-21-23-25-27-29-31-33-35-37-42(51)41(40-56-48-47(55)46(54)45(53)43(39-50)57-48)49-44(52)38-36-34-32-30-28-26-24-22-20-18-16-14-12-10-8-6-4-2/h35,37,41-43,45-48,50-51,53-55H,3-34,36,38-40H2,1-2H3,(H,49,52)/b37-35+/t41-,42+,43+,45+,46?,47?,48+/m0/s1. The van der Waals surface area contributed by atoms with Gasteiger partial charge in [0.15, 0.2) is 6.29 Å². The maximum Gasteiger partial charge on any atom is 0.220 e. The normalized spacial score (nSPS) is 21.0. The first-order valence-corrected chi connectivity index (χ1v) is 24.4. The summed E-state index contributed by atoms with van der Waals surface area (Å²) in [6.07, 6.45) is 38.2. The van der Waals surface area contributed by atoms with Crippen molar-refractivity contribution in [1.82, 2.24) is 5.32 Å². The zero-order valence-electron chi connectivity index (χ0n) is 37.1. The topological polar surface area (TPSA) is 149 Å². The molecule has 0 aromatic heterocycles. The largest absolute Gasteiger partial charge is 0.394 e. The molecule has 1 heterocycles. The number of nitrogens with one attached hydrogen (secondary N) is 1. The fraction of sp³-hybridized carbons (Fsp3) is 0.938. The van der Waals surface area contributed by atoms with Crippen molar-refractivity contribution in [3.05, 3.63) is 12.2 Å². The molecule has 9 nitrogen and oxygen atoms in total. The SMILES string of the molecule is CCCCCCCCCCCCCCCCC/C=C/[C@@H](O)[C@H](CO[C@@H]1O[C@H](CO)[C@@H](O)C(O)C1O)NC(=O)CCCCCCCCCCCCCCCCCCC. The average molecular weight is 812 g/mol. The molecule has 7 atom stereocenters. The van der Waals surface area contributed by atoms with Gasteiger partial charge in [-0.05, 0) is 19.3 Å². The van der Waals surface area contributed by atoms with Gasteiger partial charge >= 0.3 is 0 Å². The molecular formula is C48H93NO8. The Kier molecular flexibility index (Phi) is 37.0. The number of carbonyl (C=O) groups excluding carboxylic acids is 1. The number of ether oxygens (including phenoxy) is 2. The number of amides is 1. The Morgan fingerprint density at radius 2 is 0.965 bits per heavy atom. The van der Waals surface area contributed by atoms with Crippen LogP contribution in [0.1, 0.15) is 232 Å². The van der Waals surface area contributed by atoms with E-state index < -0.39 is 49.5 Å². The molecule has 0 bridgehead atoms. The molecule has 2 unspecified atom stereocenters. The van der Waals surface area contributed by atoms with Crippen molar-refractivity contribution in [2.75, 3.05) is 13.2 Å². The minimum Gasteiger partial charge on any atom is -0.394 e. The van der Waals surface area contributed by atoms with Gasteiger partial charge in [-0.2, -0.15) is 0 Å². The van der Waals surface area contributed by atoms with Crippen LogP contribution in [0.2, 0.25) is 0 Å². The molecule has 1 aliphatic heterocycles. The summed E-state index contributed by atoms with van der Waals surface area (Å²) in [6, 6.07) is -0.798. The van der Waals surface area contributed by atoms with Crippen LogP contribution in [0.4, 0.5) is 0 Å². The van der Waals surface area contributed by atoms with Crippen molar-refractivity contribution in [1.29, 1.82) is 0 Å². The van der Waals surface area contributed by atoms with Crippen molar-refractivity contribution < 1.29 is 39.8 Å². The Bertz CT molecular complexity index is 904. The van der Waals surface area contributed by atoms with Gasteiger partial charge in [0.25, 0.3) is 0 Å². The highest BCUT2D eigenvalue weighted by Gasteiger charge is 2.44. The van der Waals surface area contributed by atoms with Crippen molar-refractivity contribution in [2.24, 2.45) is 0 Å². The Labute approximate surface area is 350 Å². The summed E-state index contributed by atoms with van der Waals surface area (Å²) in [5, 5.41) is 54.3. The van der Waals surface area contributed by atoms with Gasteiger partial charge in [0.1, 0.15) is 24.4 Å². The predicted molar refractivity (Wildman–Crippen MR) is 235 cm³/mol. The van der Waals surface area contributed by atoms with Crippen LogP contribution in [-0.4, -0.2) is 87.5 Å². The van der Waals surface area contributed by atoms with Crippen LogP contribution >= 0.6 is 0 Å². The summed E-state index contributed by atoms with van der Waals surface area (Å²) in [4.78, 5) is 13.0. The highest BCUT2D eigenvalue weighted by molar-refractivity contribution is 5.76. The summed E-state index contributed by atoms with van der Waals surface area (Å²) >= 11 is 0. The van der Waals surface area contributed by atoms with Crippen molar-refractivity contribution >= 4 is 5.91 Å². The molecule has 1 aliphatic rings. The van der Waals surface area contributed by atoms with E-state index in [4.69, 9.17) is 9.47 Å². The second-order valence-corrected chi connectivity index (χ2v) is 17.3. The van der Waals surface area contributed by atoms with E-state index in [2.05, 4.69) is 19.2 Å². The zero-order chi connectivity index (χ0) is 41.6. The molecule has 0 spiro atoms. The maximum atomic E-state index is 13.0. The Morgan fingerprint density at radius 1 is 0.579 bits per heavy atom. The molecule has 1 saturated heterocycles. The van der Waals surface area contributed by atoms with E-state index in [9.17, 15) is 30.3 Å². The Morgan fingerprint density at radius 3 is 1.37 bits per heavy atom. The molecule has 9 heteroatoms. The Balaban J connectivity index is 2.32. The monoisotopic (exact) mass is 812 g/mol. The first kappa shape index (κ1) is 53.9. The number of allylic oxidation sites excluding steroid dienone is 1. The van der Waals surface area contributed by atoms with Crippen LogP contribution < -0.4 is 5.32 Å². The van der Waals surface area contributed by atoms with E-state index in [0.29, 0.717) is 6.42 Å². The number of aliphatic hydroxyl groups is 5. The minimum atomic E-state index is -1.56. The second-order valence-electron chi connectivity index (χ2n) is 17.3. The second kappa shape index (κ2) is 39.1. The highest BCUT2D eigenvalue weighted by atomic mass is 16.7. The van der Waals surface area contributed by atoms with Gasteiger partial charge in [0.05, 0.1) is 25.4 Å². The Hall–Kier alpha value is -1.07. The molecular weight excluding hydrogens is 719 g/mol. The number of rotatable bonds is 41. The van der Waals surface area contributed by atoms with Gasteiger partial charge in [0, 0.05) is 6.42 Å². The smallest absolute Gasteiger partial charge is 0.220 e. The first-order chi connectivity index (χ1) is 27.8. The van der Waals surface area contributed by atoms with E-state index in [1.54, 1.807) is 6.08 Å². The van der Waals surface area contributed by atoms with Crippen LogP contribution in [0.25, 0.3) is 0 Å². The lowest BCUT2D eigenvalue weighted by molar-refractivity contribution is -0.302. The third kappa shape index (κ3) is 29.7. The molecule has 338 valence electrons. The van der Waals surface area contributed by atoms with Crippen molar-refractivity contribution in [3.8, 4) is 0 Å². The lowest BCUT2D eigenvalue weighted by Crippen LogP contribution is -2.60. The van der Waals surface area contributed by atoms with Crippen LogP contribution in [0.3, 0.4) is 0 Å². The van der Waals surface area contributed by atoms with E-state index in [-0.39, 0.29) is 12.5 Å². The van der Waals surface area contributed by atoms with Crippen LogP contribution in [0, 0.1) is 0 Å². The fourth-order valence-electron chi connectivity index (χ4n) is 7.92. The molecule has 0 radical (unpaired) electrons. The van der Waals surface area contributed by atoms with Gasteiger partial charge in [-0.25, -0.2) is 0 Å². The van der Waals surface area contributed by atoms with Gasteiger partial charge in [-0.3, -0.25) is 4.79 Å². The quantitative estimate of drug-likeness (QED) is 0.0264. The fourth-order valence-corrected chi connectivity index (χ4v) is 7.92. The van der Waals surface area contributed by atoms with Gasteiger partial charge < -0.3 is 40.3 Å². The van der Waals surface area contributed by atoms with Crippen LogP contribution in [-0.2, 0) is 14.3 Å². The van der Waals surface area contributed by atoms with Crippen molar-refractivity contribution in [3.63, 3.8) is 0 Å². The van der Waals surface area contributed by atoms with Crippen LogP contribution in [0.15, 0.2) is 12.2 Å². The number of carbonyl (C=O) groups is 1. The number of unbranched alkanes of at least 4 members (excludes halogenated alkanes) is 31. The molecule has 0 aromatic rings. The molecule has 0 aromatic carbocycles. The molecule has 0 aliphatic carbocycles. The average Bonchev–Trinajstić information content (AvgIpc) is 3.21. The third-order valence-corrected chi connectivity index (χ3v) is 11.9. The number of hydrogen-bond donors (Lipinski definition) is 6. The highest BCUT2D eigenvalue weighted by Crippen LogP contribution is 2.23. The summed E-state index contributed by atoms with van der Waals surface area (Å²) in [7, 11) is 0. The summed E-state index contributed by atoms with van der Waals surface area (Å²) in [5.74, 6) is -0.173. The maximum absolute atomic E-state index is 13.0. The zero-order valence-corrected chi connectivity index (χ0v) is 37.1. The summed E-state index contributed by atoms with van der Waals surface area (Å²) in [6.45, 7) is 3.79. The predicted octanol–water partition coefficient (Wildman–Crippen LogP) is 10.5. The third-order valence-electron chi connectivity index (χ3n) is 11.9. The molecule has 1 amide bonds. The van der Waals surface area contributed by atoms with Crippen LogP contribution in [0.5, 0.6) is 0 Å². The number of hydrogen-bond acceptors (Lipinski definition) is 8. The lowest BCUT2D eigenvalue weighted by Gasteiger charge is -2.40. The van der Waals surface area contributed by atoms with E-state index >= 15 is 0 Å². The molecule has 1 rings (SSSR count). The molecule has 1 fully saturated rings. The molecule has 6 N–H and O–H groups in total. The van der Waals surface area contributed by atoms with Gasteiger partial charge in [-0.15, -0.1) is 0 Å². The minimum absolute atomic E-state index is 0.173. The molecule has 57 heavy (non-hydrogen) atoms. The summed E-state index contributed by atoms with van der Waals surface area (Å²) in [5.41, 5.74) is 0. The van der Waals surface area contributed by atoms with E-state index in [0.717, 1.165) is 38.5 Å². The van der Waals surface area contributed by atoms with Gasteiger partial charge in [0.2, 0.25) is 5.91 Å². The number of aliphatic hydroxyl groups excluding tert-OH is 5. The first-order valence-electron chi connectivity index (χ1n) is 24.4. The lowest BCUT2D eigenvalue weighted by atomic mass is 9.99. The van der Waals surface area contributed by atoms with E-state index in [1.165, 1.54) is 173 Å². The van der Waals surface area contributed by atoms with E-state index in [1.807, 2.05) is 6.08 Å². The van der Waals surface area contributed by atoms with Gasteiger partial charge in [-0.1, -0.05) is 219 Å². The van der Waals surface area contributed by atoms with Crippen molar-refractivity contribution in [2.45, 2.75) is 275 Å². The summed E-state index contributed by atoms with van der Waals surface area (Å²) < 4.78 is 11.2. The molecule has 0 saturated carbocycles.